The maximum absolute atomic E-state index is 13.1. The molecule has 5 atom stereocenters. The summed E-state index contributed by atoms with van der Waals surface area (Å²) < 4.78 is 68.6. The van der Waals surface area contributed by atoms with Crippen molar-refractivity contribution in [1.29, 1.82) is 0 Å². The summed E-state index contributed by atoms with van der Waals surface area (Å²) in [5.41, 5.74) is 0. The maximum atomic E-state index is 13.1. The number of phosphoric ester groups is 2. The first kappa shape index (κ1) is 98.7. The predicted molar refractivity (Wildman–Crippen MR) is 427 cm³/mol. The molecule has 0 spiro atoms. The third-order valence-corrected chi connectivity index (χ3v) is 17.9. The molecule has 19 heteroatoms. The van der Waals surface area contributed by atoms with Crippen molar-refractivity contribution < 1.29 is 80.2 Å². The largest absolute Gasteiger partial charge is 0.472 e. The van der Waals surface area contributed by atoms with Crippen LogP contribution in [0.5, 0.6) is 0 Å². The van der Waals surface area contributed by atoms with Gasteiger partial charge >= 0.3 is 39.5 Å². The Balaban J connectivity index is 5.42. The average molecular weight is 1500 g/mol. The number of carbonyl (C=O) groups excluding carboxylic acids is 4. The summed E-state index contributed by atoms with van der Waals surface area (Å²) in [6, 6.07) is 0. The number of aliphatic hydroxyl groups excluding tert-OH is 1. The van der Waals surface area contributed by atoms with Crippen molar-refractivity contribution in [2.45, 2.75) is 316 Å². The van der Waals surface area contributed by atoms with Crippen molar-refractivity contribution in [3.63, 3.8) is 0 Å². The lowest BCUT2D eigenvalue weighted by molar-refractivity contribution is -0.161. The van der Waals surface area contributed by atoms with E-state index in [-0.39, 0.29) is 25.7 Å². The molecule has 3 N–H and O–H groups in total. The van der Waals surface area contributed by atoms with Gasteiger partial charge in [-0.25, -0.2) is 9.13 Å². The number of ether oxygens (including phenoxy) is 4. The fourth-order valence-corrected chi connectivity index (χ4v) is 11.7. The molecule has 0 aromatic heterocycles. The van der Waals surface area contributed by atoms with Crippen molar-refractivity contribution >= 4 is 39.5 Å². The number of hydrogen-bond acceptors (Lipinski definition) is 15. The molecule has 0 heterocycles. The van der Waals surface area contributed by atoms with Gasteiger partial charge in [0.15, 0.2) is 12.2 Å². The first-order valence-electron chi connectivity index (χ1n) is 39.7. The molecule has 5 unspecified atom stereocenters. The van der Waals surface area contributed by atoms with Gasteiger partial charge in [0.25, 0.3) is 0 Å². The van der Waals surface area contributed by atoms with Crippen molar-refractivity contribution in [1.82, 2.24) is 0 Å². The van der Waals surface area contributed by atoms with Crippen molar-refractivity contribution in [3.8, 4) is 0 Å². The van der Waals surface area contributed by atoms with E-state index in [0.29, 0.717) is 25.7 Å². The van der Waals surface area contributed by atoms with Crippen LogP contribution in [-0.2, 0) is 65.4 Å². The van der Waals surface area contributed by atoms with E-state index in [4.69, 9.17) is 37.0 Å². The molecular formula is C85H140O17P2. The molecule has 0 rings (SSSR count). The van der Waals surface area contributed by atoms with Gasteiger partial charge in [0.1, 0.15) is 19.3 Å². The van der Waals surface area contributed by atoms with Crippen LogP contribution in [0, 0.1) is 0 Å². The molecule has 592 valence electrons. The minimum absolute atomic E-state index is 0.0664. The van der Waals surface area contributed by atoms with Crippen LogP contribution in [0.4, 0.5) is 0 Å². The van der Waals surface area contributed by atoms with Gasteiger partial charge < -0.3 is 33.8 Å². The van der Waals surface area contributed by atoms with E-state index in [1.165, 1.54) is 0 Å². The first-order chi connectivity index (χ1) is 50.7. The zero-order valence-corrected chi connectivity index (χ0v) is 66.4. The van der Waals surface area contributed by atoms with Gasteiger partial charge in [0, 0.05) is 25.7 Å². The predicted octanol–water partition coefficient (Wildman–Crippen LogP) is 23.2. The summed E-state index contributed by atoms with van der Waals surface area (Å²) >= 11 is 0. The normalized spacial score (nSPS) is 14.7. The Morgan fingerprint density at radius 3 is 0.721 bits per heavy atom. The van der Waals surface area contributed by atoms with Crippen LogP contribution in [0.1, 0.15) is 297 Å². The second-order valence-electron chi connectivity index (χ2n) is 25.8. The maximum Gasteiger partial charge on any atom is 0.472 e. The highest BCUT2D eigenvalue weighted by Crippen LogP contribution is 2.45. The molecule has 0 saturated heterocycles. The SMILES string of the molecule is CC/C=C\C/C=C\C/C=C\C/C=C\CCCCCCCCC(=O)OCC(COP(=O)(O)OCC(O)COP(=O)(O)OCC(COC(=O)CCCCCCC/C=C\C/C=C\C/C=C\CC)OC(=O)CCCCCCC/C=C\C/C=C\C/C=C\CC)OC(=O)CCCCCCC/C=C\C/C=C\C/C=C\CC. The minimum Gasteiger partial charge on any atom is -0.462 e. The summed E-state index contributed by atoms with van der Waals surface area (Å²) in [5, 5.41) is 10.6. The molecule has 17 nitrogen and oxygen atoms in total. The van der Waals surface area contributed by atoms with Gasteiger partial charge in [0.2, 0.25) is 0 Å². The summed E-state index contributed by atoms with van der Waals surface area (Å²) in [5.74, 6) is -2.25. The van der Waals surface area contributed by atoms with Gasteiger partial charge in [-0.15, -0.1) is 0 Å². The summed E-state index contributed by atoms with van der Waals surface area (Å²) in [6.07, 6.45) is 87.9. The summed E-state index contributed by atoms with van der Waals surface area (Å²) in [6.45, 7) is 4.35. The standard InChI is InChI=1S/C85H140O17P2/c1-5-9-13-17-21-25-29-33-37-38-39-40-44-46-50-54-58-62-66-70-83(88)96-76-81(102-85(90)72-68-64-60-56-52-48-43-36-32-28-24-20-16-12-8-4)78-100-104(93,94)98-74-79(86)73-97-103(91,92)99-77-80(101-84(89)71-67-63-59-55-51-47-42-35-31-27-23-19-15-11-7-3)75-95-82(87)69-65-61-57-53-49-45-41-34-30-26-22-18-14-10-6-2/h9-16,21-28,33-37,39-43,79-81,86H,5-8,17-20,29-32,38,44-78H2,1-4H3,(H,91,92)(H,93,94)/b13-9-,14-10-,15-11-,16-12-,25-21-,26-22-,27-23-,28-24-,37-33-,40-39-,41-34-,42-35-,43-36-. The van der Waals surface area contributed by atoms with E-state index < -0.39 is 97.5 Å². The number of rotatable bonds is 73. The zero-order valence-electron chi connectivity index (χ0n) is 64.6. The zero-order chi connectivity index (χ0) is 76.0. The molecule has 0 aromatic carbocycles. The van der Waals surface area contributed by atoms with Crippen molar-refractivity contribution in [2.24, 2.45) is 0 Å². The number of unbranched alkanes of at least 4 members (excludes halogenated alkanes) is 21. The molecule has 0 amide bonds. The van der Waals surface area contributed by atoms with Crippen LogP contribution in [0.2, 0.25) is 0 Å². The number of hydrogen-bond donors (Lipinski definition) is 3. The fraction of sp³-hybridized carbons (Fsp3) is 0.647. The third kappa shape index (κ3) is 74.9. The Hall–Kier alpha value is -5.32. The van der Waals surface area contributed by atoms with Gasteiger partial charge in [-0.3, -0.25) is 37.3 Å². The van der Waals surface area contributed by atoms with E-state index in [9.17, 15) is 43.2 Å². The van der Waals surface area contributed by atoms with E-state index >= 15 is 0 Å². The first-order valence-corrected chi connectivity index (χ1v) is 42.7. The van der Waals surface area contributed by atoms with Gasteiger partial charge in [-0.1, -0.05) is 269 Å². The molecule has 104 heavy (non-hydrogen) atoms. The van der Waals surface area contributed by atoms with E-state index in [1.807, 2.05) is 0 Å². The second-order valence-corrected chi connectivity index (χ2v) is 28.7. The number of phosphoric acid groups is 2. The average Bonchev–Trinajstić information content (AvgIpc) is 0.918. The number of esters is 4. The van der Waals surface area contributed by atoms with Crippen LogP contribution in [0.3, 0.4) is 0 Å². The van der Waals surface area contributed by atoms with Crippen LogP contribution in [0.15, 0.2) is 158 Å². The quantitative estimate of drug-likeness (QED) is 0.0169. The molecule has 0 saturated carbocycles. The second kappa shape index (κ2) is 75.9. The molecule has 0 fully saturated rings. The molecule has 0 aliphatic carbocycles. The van der Waals surface area contributed by atoms with E-state index in [2.05, 4.69) is 186 Å². The Morgan fingerprint density at radius 1 is 0.269 bits per heavy atom. The van der Waals surface area contributed by atoms with Crippen LogP contribution >= 0.6 is 15.6 Å². The monoisotopic (exact) mass is 1490 g/mol. The highest BCUT2D eigenvalue weighted by atomic mass is 31.2. The Morgan fingerprint density at radius 2 is 0.471 bits per heavy atom. The summed E-state index contributed by atoms with van der Waals surface area (Å²) in [4.78, 5) is 73.1. The van der Waals surface area contributed by atoms with Gasteiger partial charge in [-0.05, 0) is 161 Å². The Bertz CT molecular complexity index is 2590. The van der Waals surface area contributed by atoms with Gasteiger partial charge in [0.05, 0.1) is 26.4 Å². The Kier molecular flexibility index (Phi) is 72.0. The molecule has 0 aliphatic rings. The molecule has 0 aliphatic heterocycles. The highest BCUT2D eigenvalue weighted by molar-refractivity contribution is 7.47. The van der Waals surface area contributed by atoms with E-state index in [1.54, 1.807) is 0 Å². The van der Waals surface area contributed by atoms with Crippen molar-refractivity contribution in [3.05, 3.63) is 158 Å². The lowest BCUT2D eigenvalue weighted by atomic mass is 10.1. The van der Waals surface area contributed by atoms with Gasteiger partial charge in [-0.2, -0.15) is 0 Å². The molecule has 0 radical (unpaired) electrons. The van der Waals surface area contributed by atoms with Crippen molar-refractivity contribution in [2.75, 3.05) is 39.6 Å². The third-order valence-electron chi connectivity index (χ3n) is 16.0. The van der Waals surface area contributed by atoms with Crippen LogP contribution < -0.4 is 0 Å². The molecular weight excluding hydrogens is 1350 g/mol. The fourth-order valence-electron chi connectivity index (χ4n) is 10.1. The number of allylic oxidation sites excluding steroid dienone is 26. The summed E-state index contributed by atoms with van der Waals surface area (Å²) in [7, 11) is -9.99. The van der Waals surface area contributed by atoms with E-state index in [0.717, 1.165) is 218 Å². The lowest BCUT2D eigenvalue weighted by Crippen LogP contribution is -2.30. The molecule has 0 bridgehead atoms. The number of carbonyl (C=O) groups is 4. The topological polar surface area (TPSA) is 237 Å². The number of aliphatic hydroxyl groups is 1. The molecule has 0 aromatic rings. The lowest BCUT2D eigenvalue weighted by Gasteiger charge is -2.21. The smallest absolute Gasteiger partial charge is 0.462 e. The Labute approximate surface area is 629 Å². The van der Waals surface area contributed by atoms with Crippen LogP contribution in [-0.4, -0.2) is 96.7 Å². The van der Waals surface area contributed by atoms with Crippen LogP contribution in [0.25, 0.3) is 0 Å². The minimum atomic E-state index is -4.99. The highest BCUT2D eigenvalue weighted by Gasteiger charge is 2.30.